The predicted octanol–water partition coefficient (Wildman–Crippen LogP) is 5.71. The lowest BCUT2D eigenvalue weighted by atomic mass is 9.45. The van der Waals surface area contributed by atoms with Gasteiger partial charge in [-0.15, -0.1) is 0 Å². The Balaban J connectivity index is 1.38. The van der Waals surface area contributed by atoms with E-state index >= 15 is 0 Å². The van der Waals surface area contributed by atoms with Crippen LogP contribution in [0.25, 0.3) is 11.3 Å². The van der Waals surface area contributed by atoms with E-state index in [1.54, 1.807) is 0 Å². The number of fused-ring (bicyclic) bond motifs is 6. The van der Waals surface area contributed by atoms with Crippen LogP contribution in [0.2, 0.25) is 0 Å². The Morgan fingerprint density at radius 2 is 1.71 bits per heavy atom. The SMILES string of the molecule is Cc1ccc(-c2c3c(nn2C)C[C@@H]2CC[C@@H]4[C@H](CC[C@]5(C)[C@@H](O)CC[C@@H]45)[C@@]2(C)C3)cc1. The van der Waals surface area contributed by atoms with Crippen LogP contribution in [0, 0.1) is 41.4 Å². The second kappa shape index (κ2) is 6.70. The Hall–Kier alpha value is -1.61. The highest BCUT2D eigenvalue weighted by atomic mass is 16.3. The van der Waals surface area contributed by atoms with Crippen LogP contribution in [0.5, 0.6) is 0 Å². The van der Waals surface area contributed by atoms with Crippen LogP contribution in [0.15, 0.2) is 24.3 Å². The monoisotopic (exact) mass is 418 g/mol. The summed E-state index contributed by atoms with van der Waals surface area (Å²) < 4.78 is 2.15. The average Bonchev–Trinajstić information content (AvgIpc) is 3.22. The minimum absolute atomic E-state index is 0.0756. The molecule has 1 aromatic heterocycles. The first-order valence-corrected chi connectivity index (χ1v) is 12.6. The molecule has 1 N–H and O–H groups in total. The van der Waals surface area contributed by atoms with E-state index in [1.165, 1.54) is 66.6 Å². The van der Waals surface area contributed by atoms with Crippen molar-refractivity contribution in [2.45, 2.75) is 78.2 Å². The summed E-state index contributed by atoms with van der Waals surface area (Å²) in [5.41, 5.74) is 7.38. The van der Waals surface area contributed by atoms with Crippen molar-refractivity contribution in [2.24, 2.45) is 41.5 Å². The maximum Gasteiger partial charge on any atom is 0.0714 e. The average molecular weight is 419 g/mol. The maximum atomic E-state index is 10.8. The molecule has 2 aromatic rings. The minimum Gasteiger partial charge on any atom is -0.393 e. The normalized spacial score (nSPS) is 41.3. The second-order valence-electron chi connectivity index (χ2n) is 11.9. The Bertz CT molecular complexity index is 1010. The fraction of sp³-hybridized carbons (Fsp3) is 0.679. The van der Waals surface area contributed by atoms with E-state index < -0.39 is 0 Å². The number of hydrogen-bond acceptors (Lipinski definition) is 2. The van der Waals surface area contributed by atoms with E-state index in [-0.39, 0.29) is 11.5 Å². The first-order valence-electron chi connectivity index (χ1n) is 12.6. The summed E-state index contributed by atoms with van der Waals surface area (Å²) in [7, 11) is 2.13. The molecule has 31 heavy (non-hydrogen) atoms. The highest BCUT2D eigenvalue weighted by Crippen LogP contribution is 2.65. The maximum absolute atomic E-state index is 10.8. The third kappa shape index (κ3) is 2.71. The zero-order valence-corrected chi connectivity index (χ0v) is 19.7. The molecule has 0 amide bonds. The summed E-state index contributed by atoms with van der Waals surface area (Å²) in [6.45, 7) is 7.18. The number of hydrogen-bond donors (Lipinski definition) is 1. The lowest BCUT2D eigenvalue weighted by Crippen LogP contribution is -2.54. The quantitative estimate of drug-likeness (QED) is 0.644. The predicted molar refractivity (Wildman–Crippen MR) is 125 cm³/mol. The first kappa shape index (κ1) is 20.0. The fourth-order valence-corrected chi connectivity index (χ4v) is 8.78. The third-order valence-corrected chi connectivity index (χ3v) is 10.6. The van der Waals surface area contributed by atoms with E-state index in [9.17, 15) is 5.11 Å². The molecule has 166 valence electrons. The van der Waals surface area contributed by atoms with Crippen LogP contribution >= 0.6 is 0 Å². The van der Waals surface area contributed by atoms with Gasteiger partial charge in [0.05, 0.1) is 17.5 Å². The van der Waals surface area contributed by atoms with Crippen molar-refractivity contribution < 1.29 is 5.11 Å². The van der Waals surface area contributed by atoms with Crippen LogP contribution in [-0.2, 0) is 19.9 Å². The number of benzene rings is 1. The zero-order valence-electron chi connectivity index (χ0n) is 19.7. The molecule has 4 aliphatic rings. The van der Waals surface area contributed by atoms with Crippen molar-refractivity contribution in [1.29, 1.82) is 0 Å². The first-order chi connectivity index (χ1) is 14.8. The number of rotatable bonds is 1. The molecule has 0 saturated heterocycles. The number of aryl methyl sites for hydroxylation is 2. The minimum atomic E-state index is -0.0756. The Kier molecular flexibility index (Phi) is 4.33. The topological polar surface area (TPSA) is 38.0 Å². The van der Waals surface area contributed by atoms with E-state index in [4.69, 9.17) is 5.10 Å². The summed E-state index contributed by atoms with van der Waals surface area (Å²) in [4.78, 5) is 0. The number of aliphatic hydroxyl groups is 1. The third-order valence-electron chi connectivity index (χ3n) is 10.6. The largest absolute Gasteiger partial charge is 0.393 e. The van der Waals surface area contributed by atoms with Gasteiger partial charge in [0, 0.05) is 18.2 Å². The van der Waals surface area contributed by atoms with Gasteiger partial charge in [-0.25, -0.2) is 0 Å². The van der Waals surface area contributed by atoms with E-state index in [1.807, 2.05) is 0 Å². The standard InChI is InChI=1S/C28H38N2O/c1-17-5-7-18(8-6-17)26-21-16-28(3)19(15-24(21)29-30(26)4)9-10-20-22-11-12-25(31)27(22,2)14-13-23(20)28/h5-8,19-20,22-23,25,31H,9-16H2,1-4H3/t19-,20-,22-,23-,25-,27-,28-/m0/s1. The van der Waals surface area contributed by atoms with Gasteiger partial charge >= 0.3 is 0 Å². The van der Waals surface area contributed by atoms with Crippen LogP contribution in [0.1, 0.15) is 69.2 Å². The van der Waals surface area contributed by atoms with Crippen LogP contribution < -0.4 is 0 Å². The highest BCUT2D eigenvalue weighted by molar-refractivity contribution is 5.65. The van der Waals surface area contributed by atoms with Gasteiger partial charge in [-0.1, -0.05) is 43.7 Å². The van der Waals surface area contributed by atoms with E-state index in [0.717, 1.165) is 36.5 Å². The smallest absolute Gasteiger partial charge is 0.0714 e. The second-order valence-corrected chi connectivity index (χ2v) is 11.9. The van der Waals surface area contributed by atoms with Crippen LogP contribution in [0.4, 0.5) is 0 Å². The van der Waals surface area contributed by atoms with Gasteiger partial charge < -0.3 is 5.11 Å². The number of aliphatic hydroxyl groups excluding tert-OH is 1. The summed E-state index contributed by atoms with van der Waals surface area (Å²) in [5, 5.41) is 15.8. The fourth-order valence-electron chi connectivity index (χ4n) is 8.78. The molecule has 4 aliphatic carbocycles. The van der Waals surface area contributed by atoms with Crippen molar-refractivity contribution in [1.82, 2.24) is 9.78 Å². The molecule has 0 unspecified atom stereocenters. The molecule has 6 rings (SSSR count). The Morgan fingerprint density at radius 1 is 0.968 bits per heavy atom. The summed E-state index contributed by atoms with van der Waals surface area (Å²) in [5.74, 6) is 3.09. The van der Waals surface area contributed by atoms with Gasteiger partial charge in [0.25, 0.3) is 0 Å². The van der Waals surface area contributed by atoms with Gasteiger partial charge in [0.2, 0.25) is 0 Å². The van der Waals surface area contributed by atoms with Gasteiger partial charge in [0.15, 0.2) is 0 Å². The van der Waals surface area contributed by atoms with Crippen molar-refractivity contribution in [3.63, 3.8) is 0 Å². The molecule has 0 bridgehead atoms. The van der Waals surface area contributed by atoms with Crippen molar-refractivity contribution >= 4 is 0 Å². The van der Waals surface area contributed by atoms with Gasteiger partial charge in [-0.3, -0.25) is 4.68 Å². The molecule has 0 spiro atoms. The van der Waals surface area contributed by atoms with Gasteiger partial charge in [-0.2, -0.15) is 5.10 Å². The molecule has 3 heteroatoms. The molecule has 3 nitrogen and oxygen atoms in total. The summed E-state index contributed by atoms with van der Waals surface area (Å²) >= 11 is 0. The molecule has 1 heterocycles. The molecule has 7 atom stereocenters. The van der Waals surface area contributed by atoms with Crippen molar-refractivity contribution in [3.05, 3.63) is 41.1 Å². The molecule has 1 aromatic carbocycles. The lowest BCUT2D eigenvalue weighted by molar-refractivity contribution is -0.111. The Labute approximate surface area is 187 Å². The summed E-state index contributed by atoms with van der Waals surface area (Å²) in [6.07, 6.45) is 9.75. The zero-order chi connectivity index (χ0) is 21.5. The lowest BCUT2D eigenvalue weighted by Gasteiger charge is -2.60. The number of nitrogens with zero attached hydrogens (tertiary/aromatic N) is 2. The highest BCUT2D eigenvalue weighted by Gasteiger charge is 2.60. The van der Waals surface area contributed by atoms with Crippen LogP contribution in [-0.4, -0.2) is 21.0 Å². The molecular weight excluding hydrogens is 380 g/mol. The number of aromatic nitrogens is 2. The van der Waals surface area contributed by atoms with Crippen molar-refractivity contribution in [3.8, 4) is 11.3 Å². The molecule has 0 aliphatic heterocycles. The molecule has 0 radical (unpaired) electrons. The van der Waals surface area contributed by atoms with Crippen molar-refractivity contribution in [2.75, 3.05) is 0 Å². The van der Waals surface area contributed by atoms with E-state index in [2.05, 4.69) is 56.8 Å². The van der Waals surface area contributed by atoms with Crippen LogP contribution in [0.3, 0.4) is 0 Å². The molecule has 3 saturated carbocycles. The Morgan fingerprint density at radius 3 is 2.48 bits per heavy atom. The molecule has 3 fully saturated rings. The van der Waals surface area contributed by atoms with E-state index in [0.29, 0.717) is 5.41 Å². The summed E-state index contributed by atoms with van der Waals surface area (Å²) in [6, 6.07) is 9.01. The molecular formula is C28H38N2O. The van der Waals surface area contributed by atoms with Gasteiger partial charge in [-0.05, 0) is 92.8 Å². The van der Waals surface area contributed by atoms with Gasteiger partial charge in [0.1, 0.15) is 0 Å².